The molecule has 1 saturated heterocycles. The second-order valence-electron chi connectivity index (χ2n) is 4.86. The van der Waals surface area contributed by atoms with Crippen molar-refractivity contribution in [3.63, 3.8) is 0 Å². The molecule has 90 valence electrons. The van der Waals surface area contributed by atoms with Crippen LogP contribution in [0, 0.1) is 5.92 Å². The van der Waals surface area contributed by atoms with Crippen molar-refractivity contribution in [2.75, 3.05) is 26.7 Å². The highest BCUT2D eigenvalue weighted by atomic mass is 15.3. The van der Waals surface area contributed by atoms with Gasteiger partial charge in [-0.1, -0.05) is 0 Å². The van der Waals surface area contributed by atoms with Gasteiger partial charge in [0.05, 0.1) is 5.69 Å². The van der Waals surface area contributed by atoms with Gasteiger partial charge in [-0.3, -0.25) is 4.68 Å². The standard InChI is InChI=1S/C12H22N4/c1-15-6-3-11(4-7-15)9-13-10-12-5-8-16(2)14-12/h5,8,11,13H,3-4,6-7,9-10H2,1-2H3. The zero-order valence-electron chi connectivity index (χ0n) is 10.3. The lowest BCUT2D eigenvalue weighted by molar-refractivity contribution is 0.216. The van der Waals surface area contributed by atoms with Crippen molar-refractivity contribution >= 4 is 0 Å². The van der Waals surface area contributed by atoms with Crippen LogP contribution < -0.4 is 5.32 Å². The van der Waals surface area contributed by atoms with Crippen molar-refractivity contribution in [1.29, 1.82) is 0 Å². The van der Waals surface area contributed by atoms with Crippen molar-refractivity contribution in [1.82, 2.24) is 20.0 Å². The summed E-state index contributed by atoms with van der Waals surface area (Å²) in [6.07, 6.45) is 4.64. The van der Waals surface area contributed by atoms with Gasteiger partial charge in [0.2, 0.25) is 0 Å². The molecule has 2 heterocycles. The second-order valence-corrected chi connectivity index (χ2v) is 4.86. The normalized spacial score (nSPS) is 19.1. The first kappa shape index (κ1) is 11.6. The zero-order chi connectivity index (χ0) is 11.4. The number of nitrogens with zero attached hydrogens (tertiary/aromatic N) is 3. The first-order valence-electron chi connectivity index (χ1n) is 6.12. The number of piperidine rings is 1. The molecule has 0 amide bonds. The van der Waals surface area contributed by atoms with Crippen molar-refractivity contribution in [3.05, 3.63) is 18.0 Å². The van der Waals surface area contributed by atoms with Gasteiger partial charge in [0.15, 0.2) is 0 Å². The van der Waals surface area contributed by atoms with Gasteiger partial charge in [0, 0.05) is 19.8 Å². The fourth-order valence-electron chi connectivity index (χ4n) is 2.23. The monoisotopic (exact) mass is 222 g/mol. The zero-order valence-corrected chi connectivity index (χ0v) is 10.3. The van der Waals surface area contributed by atoms with Crippen LogP contribution in [0.15, 0.2) is 12.3 Å². The summed E-state index contributed by atoms with van der Waals surface area (Å²) in [5, 5.41) is 7.86. The van der Waals surface area contributed by atoms with E-state index in [9.17, 15) is 0 Å². The first-order chi connectivity index (χ1) is 7.74. The maximum atomic E-state index is 4.35. The van der Waals surface area contributed by atoms with Crippen molar-refractivity contribution in [3.8, 4) is 0 Å². The first-order valence-corrected chi connectivity index (χ1v) is 6.12. The summed E-state index contributed by atoms with van der Waals surface area (Å²) in [6.45, 7) is 4.52. The van der Waals surface area contributed by atoms with Crippen LogP contribution in [0.25, 0.3) is 0 Å². The van der Waals surface area contributed by atoms with E-state index in [2.05, 4.69) is 28.4 Å². The highest BCUT2D eigenvalue weighted by Crippen LogP contribution is 2.14. The Bertz CT molecular complexity index is 313. The Balaban J connectivity index is 1.64. The number of hydrogen-bond acceptors (Lipinski definition) is 3. The van der Waals surface area contributed by atoms with E-state index in [1.165, 1.54) is 25.9 Å². The van der Waals surface area contributed by atoms with Gasteiger partial charge in [0.25, 0.3) is 0 Å². The van der Waals surface area contributed by atoms with Gasteiger partial charge < -0.3 is 10.2 Å². The van der Waals surface area contributed by atoms with Gasteiger partial charge >= 0.3 is 0 Å². The number of aromatic nitrogens is 2. The molecular formula is C12H22N4. The lowest BCUT2D eigenvalue weighted by Gasteiger charge is -2.28. The summed E-state index contributed by atoms with van der Waals surface area (Å²) < 4.78 is 1.85. The van der Waals surface area contributed by atoms with E-state index in [-0.39, 0.29) is 0 Å². The minimum Gasteiger partial charge on any atom is -0.311 e. The van der Waals surface area contributed by atoms with Crippen LogP contribution in [0.2, 0.25) is 0 Å². The molecular weight excluding hydrogens is 200 g/mol. The van der Waals surface area contributed by atoms with E-state index in [0.29, 0.717) is 0 Å². The Kier molecular flexibility index (Phi) is 3.96. The molecule has 0 radical (unpaired) electrons. The van der Waals surface area contributed by atoms with Gasteiger partial charge in [-0.2, -0.15) is 5.10 Å². The number of nitrogens with one attached hydrogen (secondary N) is 1. The molecule has 0 spiro atoms. The molecule has 1 aliphatic heterocycles. The fraction of sp³-hybridized carbons (Fsp3) is 0.750. The maximum absolute atomic E-state index is 4.35. The summed E-state index contributed by atoms with van der Waals surface area (Å²) in [4.78, 5) is 2.41. The Morgan fingerprint density at radius 1 is 1.38 bits per heavy atom. The Morgan fingerprint density at radius 2 is 2.12 bits per heavy atom. The van der Waals surface area contributed by atoms with Crippen LogP contribution >= 0.6 is 0 Å². The Hall–Kier alpha value is -0.870. The van der Waals surface area contributed by atoms with Gasteiger partial charge in [-0.05, 0) is 51.5 Å². The summed E-state index contributed by atoms with van der Waals surface area (Å²) >= 11 is 0. The molecule has 1 fully saturated rings. The molecule has 0 saturated carbocycles. The smallest absolute Gasteiger partial charge is 0.0762 e. The maximum Gasteiger partial charge on any atom is 0.0762 e. The Morgan fingerprint density at radius 3 is 2.75 bits per heavy atom. The lowest BCUT2D eigenvalue weighted by atomic mass is 9.97. The summed E-state index contributed by atoms with van der Waals surface area (Å²) in [5.41, 5.74) is 1.13. The Labute approximate surface area is 97.6 Å². The molecule has 2 rings (SSSR count). The van der Waals surface area contributed by atoms with Crippen LogP contribution in [0.1, 0.15) is 18.5 Å². The molecule has 0 bridgehead atoms. The number of aryl methyl sites for hydroxylation is 1. The van der Waals surface area contributed by atoms with Gasteiger partial charge in [-0.25, -0.2) is 0 Å². The molecule has 0 aliphatic carbocycles. The number of likely N-dealkylation sites (tertiary alicyclic amines) is 1. The van der Waals surface area contributed by atoms with E-state index in [0.717, 1.165) is 24.7 Å². The molecule has 0 aromatic carbocycles. The van der Waals surface area contributed by atoms with E-state index in [1.807, 2.05) is 17.9 Å². The van der Waals surface area contributed by atoms with Crippen LogP contribution in [-0.2, 0) is 13.6 Å². The predicted molar refractivity (Wildman–Crippen MR) is 65.1 cm³/mol. The summed E-state index contributed by atoms with van der Waals surface area (Å²) in [7, 11) is 4.16. The summed E-state index contributed by atoms with van der Waals surface area (Å²) in [6, 6.07) is 2.07. The molecule has 16 heavy (non-hydrogen) atoms. The fourth-order valence-corrected chi connectivity index (χ4v) is 2.23. The van der Waals surface area contributed by atoms with Gasteiger partial charge in [0.1, 0.15) is 0 Å². The average Bonchev–Trinajstić information content (AvgIpc) is 2.67. The SMILES string of the molecule is CN1CCC(CNCc2ccn(C)n2)CC1. The molecule has 0 unspecified atom stereocenters. The summed E-state index contributed by atoms with van der Waals surface area (Å²) in [5.74, 6) is 0.847. The predicted octanol–water partition coefficient (Wildman–Crippen LogP) is 0.851. The highest BCUT2D eigenvalue weighted by Gasteiger charge is 2.15. The third-order valence-electron chi connectivity index (χ3n) is 3.35. The highest BCUT2D eigenvalue weighted by molar-refractivity contribution is 4.97. The van der Waals surface area contributed by atoms with E-state index >= 15 is 0 Å². The topological polar surface area (TPSA) is 33.1 Å². The van der Waals surface area contributed by atoms with Crippen LogP contribution in [-0.4, -0.2) is 41.4 Å². The van der Waals surface area contributed by atoms with Crippen molar-refractivity contribution < 1.29 is 0 Å². The molecule has 4 heteroatoms. The lowest BCUT2D eigenvalue weighted by Crippen LogP contribution is -2.34. The number of rotatable bonds is 4. The largest absolute Gasteiger partial charge is 0.311 e. The van der Waals surface area contributed by atoms with E-state index in [4.69, 9.17) is 0 Å². The molecule has 0 atom stereocenters. The third kappa shape index (κ3) is 3.32. The molecule has 4 nitrogen and oxygen atoms in total. The van der Waals surface area contributed by atoms with Crippen LogP contribution in [0.5, 0.6) is 0 Å². The van der Waals surface area contributed by atoms with Gasteiger partial charge in [-0.15, -0.1) is 0 Å². The molecule has 1 aliphatic rings. The molecule has 1 aromatic rings. The second kappa shape index (κ2) is 5.46. The van der Waals surface area contributed by atoms with Crippen LogP contribution in [0.4, 0.5) is 0 Å². The van der Waals surface area contributed by atoms with Crippen molar-refractivity contribution in [2.45, 2.75) is 19.4 Å². The molecule has 1 N–H and O–H groups in total. The number of hydrogen-bond donors (Lipinski definition) is 1. The third-order valence-corrected chi connectivity index (χ3v) is 3.35. The van der Waals surface area contributed by atoms with Crippen molar-refractivity contribution in [2.24, 2.45) is 13.0 Å². The van der Waals surface area contributed by atoms with E-state index in [1.54, 1.807) is 0 Å². The minimum absolute atomic E-state index is 0.847. The quantitative estimate of drug-likeness (QED) is 0.820. The van der Waals surface area contributed by atoms with Crippen LogP contribution in [0.3, 0.4) is 0 Å². The average molecular weight is 222 g/mol. The minimum atomic E-state index is 0.847. The van der Waals surface area contributed by atoms with E-state index < -0.39 is 0 Å². The molecule has 1 aromatic heterocycles.